The summed E-state index contributed by atoms with van der Waals surface area (Å²) in [7, 11) is 0. The van der Waals surface area contributed by atoms with Crippen LogP contribution in [0.2, 0.25) is 0 Å². The molecule has 0 bridgehead atoms. The van der Waals surface area contributed by atoms with E-state index in [4.69, 9.17) is 10.5 Å². The number of rotatable bonds is 6. The van der Waals surface area contributed by atoms with E-state index in [2.05, 4.69) is 0 Å². The number of hydrogen-bond donors (Lipinski definition) is 1. The van der Waals surface area contributed by atoms with Gasteiger partial charge >= 0.3 is 6.18 Å². The number of anilines is 1. The third-order valence-electron chi connectivity index (χ3n) is 4.56. The van der Waals surface area contributed by atoms with Crippen LogP contribution in [0.25, 0.3) is 0 Å². The van der Waals surface area contributed by atoms with E-state index >= 15 is 0 Å². The van der Waals surface area contributed by atoms with Gasteiger partial charge in [-0.2, -0.15) is 13.2 Å². The number of alkyl halides is 3. The van der Waals surface area contributed by atoms with E-state index in [-0.39, 0.29) is 6.61 Å². The summed E-state index contributed by atoms with van der Waals surface area (Å²) < 4.78 is 43.6. The zero-order valence-corrected chi connectivity index (χ0v) is 14.0. The number of carbonyl (C=O) groups is 1. The number of hydrogen-bond acceptors (Lipinski definition) is 3. The van der Waals surface area contributed by atoms with Gasteiger partial charge < -0.3 is 15.4 Å². The SMILES string of the molecule is NC(=O)C1(COCc2ccccc2)CN(c2ccc(C(F)(F)F)cc2)C1. The second kappa shape index (κ2) is 6.99. The Labute approximate surface area is 149 Å². The van der Waals surface area contributed by atoms with Crippen molar-refractivity contribution in [1.29, 1.82) is 0 Å². The lowest BCUT2D eigenvalue weighted by Gasteiger charge is -2.49. The van der Waals surface area contributed by atoms with Crippen LogP contribution < -0.4 is 10.6 Å². The minimum atomic E-state index is -4.37. The van der Waals surface area contributed by atoms with E-state index in [0.717, 1.165) is 17.7 Å². The molecule has 0 saturated carbocycles. The van der Waals surface area contributed by atoms with Crippen LogP contribution in [-0.4, -0.2) is 25.6 Å². The Hall–Kier alpha value is -2.54. The van der Waals surface area contributed by atoms with Crippen molar-refractivity contribution < 1.29 is 22.7 Å². The molecule has 1 heterocycles. The lowest BCUT2D eigenvalue weighted by atomic mass is 9.79. The normalized spacial score (nSPS) is 16.2. The van der Waals surface area contributed by atoms with Crippen LogP contribution >= 0.6 is 0 Å². The lowest BCUT2D eigenvalue weighted by molar-refractivity contribution is -0.137. The van der Waals surface area contributed by atoms with E-state index in [0.29, 0.717) is 25.4 Å². The Bertz CT molecular complexity index is 755. The summed E-state index contributed by atoms with van der Waals surface area (Å²) in [5.41, 5.74) is 5.63. The smallest absolute Gasteiger partial charge is 0.376 e. The van der Waals surface area contributed by atoms with Crippen LogP contribution in [0.5, 0.6) is 0 Å². The number of nitrogens with zero attached hydrogens (tertiary/aromatic N) is 1. The van der Waals surface area contributed by atoms with Crippen molar-refractivity contribution in [3.63, 3.8) is 0 Å². The summed E-state index contributed by atoms with van der Waals surface area (Å²) >= 11 is 0. The standard InChI is InChI=1S/C19H19F3N2O2/c20-19(21,22)15-6-8-16(9-7-15)24-11-18(12-24,17(23)25)13-26-10-14-4-2-1-3-5-14/h1-9H,10-13H2,(H2,23,25). The van der Waals surface area contributed by atoms with Crippen molar-refractivity contribution in [2.45, 2.75) is 12.8 Å². The quantitative estimate of drug-likeness (QED) is 0.856. The number of ether oxygens (including phenoxy) is 1. The van der Waals surface area contributed by atoms with Gasteiger partial charge in [0, 0.05) is 18.8 Å². The molecule has 0 spiro atoms. The molecule has 0 unspecified atom stereocenters. The molecule has 0 aromatic heterocycles. The fourth-order valence-corrected chi connectivity index (χ4v) is 2.98. The molecule has 26 heavy (non-hydrogen) atoms. The van der Waals surface area contributed by atoms with E-state index in [1.807, 2.05) is 35.2 Å². The summed E-state index contributed by atoms with van der Waals surface area (Å²) in [5.74, 6) is -0.464. The molecule has 4 nitrogen and oxygen atoms in total. The molecular formula is C19H19F3N2O2. The Morgan fingerprint density at radius 3 is 2.23 bits per heavy atom. The van der Waals surface area contributed by atoms with Crippen LogP contribution in [0.1, 0.15) is 11.1 Å². The minimum absolute atomic E-state index is 0.175. The predicted octanol–water partition coefficient (Wildman–Crippen LogP) is 3.21. The van der Waals surface area contributed by atoms with E-state index in [1.54, 1.807) is 0 Å². The Morgan fingerprint density at radius 1 is 1.08 bits per heavy atom. The highest BCUT2D eigenvalue weighted by Crippen LogP contribution is 2.36. The third kappa shape index (κ3) is 3.83. The molecule has 0 atom stereocenters. The zero-order valence-electron chi connectivity index (χ0n) is 14.0. The van der Waals surface area contributed by atoms with Gasteiger partial charge in [-0.25, -0.2) is 0 Å². The van der Waals surface area contributed by atoms with Gasteiger partial charge in [-0.3, -0.25) is 4.79 Å². The zero-order chi connectivity index (χ0) is 18.8. The fourth-order valence-electron chi connectivity index (χ4n) is 2.98. The first-order valence-electron chi connectivity index (χ1n) is 8.14. The number of carbonyl (C=O) groups excluding carboxylic acids is 1. The van der Waals surface area contributed by atoms with Gasteiger partial charge in [0.15, 0.2) is 0 Å². The van der Waals surface area contributed by atoms with E-state index in [9.17, 15) is 18.0 Å². The first-order valence-corrected chi connectivity index (χ1v) is 8.14. The van der Waals surface area contributed by atoms with E-state index in [1.165, 1.54) is 12.1 Å². The number of amides is 1. The monoisotopic (exact) mass is 364 g/mol. The molecular weight excluding hydrogens is 345 g/mol. The lowest BCUT2D eigenvalue weighted by Crippen LogP contribution is -2.64. The van der Waals surface area contributed by atoms with Crippen molar-refractivity contribution in [2.75, 3.05) is 24.6 Å². The van der Waals surface area contributed by atoms with Crippen LogP contribution in [-0.2, 0) is 22.3 Å². The Morgan fingerprint density at radius 2 is 1.69 bits per heavy atom. The fraction of sp³-hybridized carbons (Fsp3) is 0.316. The Balaban J connectivity index is 1.59. The summed E-state index contributed by atoms with van der Waals surface area (Å²) in [6.45, 7) is 1.19. The van der Waals surface area contributed by atoms with Crippen LogP contribution in [0, 0.1) is 5.41 Å². The summed E-state index contributed by atoms with van der Waals surface area (Å²) in [4.78, 5) is 13.7. The topological polar surface area (TPSA) is 55.6 Å². The maximum absolute atomic E-state index is 12.6. The second-order valence-corrected chi connectivity index (χ2v) is 6.52. The van der Waals surface area contributed by atoms with Gasteiger partial charge in [-0.1, -0.05) is 30.3 Å². The summed E-state index contributed by atoms with van der Waals surface area (Å²) in [6.07, 6.45) is -4.37. The Kier molecular flexibility index (Phi) is 4.91. The molecule has 7 heteroatoms. The number of halogens is 3. The van der Waals surface area contributed by atoms with Crippen molar-refractivity contribution in [1.82, 2.24) is 0 Å². The van der Waals surface area contributed by atoms with Crippen molar-refractivity contribution in [3.05, 3.63) is 65.7 Å². The molecule has 2 aromatic carbocycles. The molecule has 1 amide bonds. The van der Waals surface area contributed by atoms with Gasteiger partial charge in [0.1, 0.15) is 5.41 Å². The van der Waals surface area contributed by atoms with Gasteiger partial charge in [-0.15, -0.1) is 0 Å². The highest BCUT2D eigenvalue weighted by Gasteiger charge is 2.48. The molecule has 3 rings (SSSR count). The van der Waals surface area contributed by atoms with Gasteiger partial charge in [-0.05, 0) is 29.8 Å². The number of nitrogens with two attached hydrogens (primary N) is 1. The van der Waals surface area contributed by atoms with Crippen molar-refractivity contribution in [2.24, 2.45) is 11.1 Å². The first kappa shape index (κ1) is 18.3. The molecule has 138 valence electrons. The average molecular weight is 364 g/mol. The van der Waals surface area contributed by atoms with Crippen LogP contribution in [0.15, 0.2) is 54.6 Å². The largest absolute Gasteiger partial charge is 0.416 e. The molecule has 0 aliphatic carbocycles. The number of benzene rings is 2. The maximum Gasteiger partial charge on any atom is 0.416 e. The first-order chi connectivity index (χ1) is 12.3. The summed E-state index contributed by atoms with van der Waals surface area (Å²) in [6, 6.07) is 14.4. The van der Waals surface area contributed by atoms with Crippen molar-refractivity contribution >= 4 is 11.6 Å². The molecule has 2 aromatic rings. The van der Waals surface area contributed by atoms with Gasteiger partial charge in [0.25, 0.3) is 0 Å². The maximum atomic E-state index is 12.6. The second-order valence-electron chi connectivity index (χ2n) is 6.52. The van der Waals surface area contributed by atoms with Gasteiger partial charge in [0.05, 0.1) is 18.8 Å². The molecule has 2 N–H and O–H groups in total. The highest BCUT2D eigenvalue weighted by molar-refractivity contribution is 5.85. The van der Waals surface area contributed by atoms with Gasteiger partial charge in [0.2, 0.25) is 5.91 Å². The molecule has 1 aliphatic rings. The molecule has 1 fully saturated rings. The van der Waals surface area contributed by atoms with Crippen LogP contribution in [0.3, 0.4) is 0 Å². The predicted molar refractivity (Wildman–Crippen MR) is 91.4 cm³/mol. The molecule has 1 aliphatic heterocycles. The van der Waals surface area contributed by atoms with E-state index < -0.39 is 23.1 Å². The average Bonchev–Trinajstić information content (AvgIpc) is 2.57. The minimum Gasteiger partial charge on any atom is -0.376 e. The highest BCUT2D eigenvalue weighted by atomic mass is 19.4. The number of primary amides is 1. The van der Waals surface area contributed by atoms with Crippen LogP contribution in [0.4, 0.5) is 18.9 Å². The molecule has 1 saturated heterocycles. The third-order valence-corrected chi connectivity index (χ3v) is 4.56. The van der Waals surface area contributed by atoms with Crippen molar-refractivity contribution in [3.8, 4) is 0 Å². The molecule has 0 radical (unpaired) electrons. The summed E-state index contributed by atoms with van der Waals surface area (Å²) in [5, 5.41) is 0.